The van der Waals surface area contributed by atoms with Crippen molar-refractivity contribution < 1.29 is 0 Å². The standard InChI is InChI=1S/C12H18N2/c1-8(2)10-6-5-9(3)11(7-10)12(13)14-4/h5-8H,1-4H3,(H2,13,14). The van der Waals surface area contributed by atoms with Crippen LogP contribution in [-0.2, 0) is 0 Å². The number of amidine groups is 1. The molecule has 2 N–H and O–H groups in total. The third kappa shape index (κ3) is 2.13. The Labute approximate surface area is 85.9 Å². The molecule has 0 saturated heterocycles. The van der Waals surface area contributed by atoms with Gasteiger partial charge in [-0.3, -0.25) is 4.99 Å². The summed E-state index contributed by atoms with van der Waals surface area (Å²) in [6.45, 7) is 6.40. The average Bonchev–Trinajstić information content (AvgIpc) is 2.17. The van der Waals surface area contributed by atoms with Crippen LogP contribution in [-0.4, -0.2) is 12.9 Å². The Hall–Kier alpha value is -1.31. The molecular weight excluding hydrogens is 172 g/mol. The second-order valence-corrected chi connectivity index (χ2v) is 3.84. The zero-order chi connectivity index (χ0) is 10.7. The molecule has 0 fully saturated rings. The lowest BCUT2D eigenvalue weighted by Gasteiger charge is -2.10. The van der Waals surface area contributed by atoms with Crippen LogP contribution in [0.15, 0.2) is 23.2 Å². The van der Waals surface area contributed by atoms with Crippen LogP contribution in [0.1, 0.15) is 36.5 Å². The Kier molecular flexibility index (Phi) is 3.28. The van der Waals surface area contributed by atoms with E-state index in [0.29, 0.717) is 11.8 Å². The Bertz CT molecular complexity index is 351. The van der Waals surface area contributed by atoms with Gasteiger partial charge in [0.2, 0.25) is 0 Å². The highest BCUT2D eigenvalue weighted by molar-refractivity contribution is 5.98. The van der Waals surface area contributed by atoms with E-state index < -0.39 is 0 Å². The fraction of sp³-hybridized carbons (Fsp3) is 0.417. The summed E-state index contributed by atoms with van der Waals surface area (Å²) in [5.74, 6) is 1.14. The van der Waals surface area contributed by atoms with Crippen molar-refractivity contribution in [1.29, 1.82) is 0 Å². The van der Waals surface area contributed by atoms with Gasteiger partial charge in [-0.05, 0) is 30.0 Å². The predicted octanol–water partition coefficient (Wildman–Crippen LogP) is 2.45. The van der Waals surface area contributed by atoms with Crippen molar-refractivity contribution >= 4 is 5.84 Å². The summed E-state index contributed by atoms with van der Waals surface area (Å²) in [6, 6.07) is 6.37. The molecule has 0 aliphatic carbocycles. The molecule has 0 aliphatic rings. The van der Waals surface area contributed by atoms with E-state index >= 15 is 0 Å². The molecule has 2 heteroatoms. The Morgan fingerprint density at radius 3 is 2.50 bits per heavy atom. The molecule has 0 saturated carbocycles. The van der Waals surface area contributed by atoms with Crippen LogP contribution in [0.4, 0.5) is 0 Å². The van der Waals surface area contributed by atoms with Crippen LogP contribution in [0, 0.1) is 6.92 Å². The minimum atomic E-state index is 0.527. The zero-order valence-electron chi connectivity index (χ0n) is 9.33. The lowest BCUT2D eigenvalue weighted by atomic mass is 9.97. The summed E-state index contributed by atoms with van der Waals surface area (Å²) in [6.07, 6.45) is 0. The molecular formula is C12H18N2. The van der Waals surface area contributed by atoms with Crippen LogP contribution in [0.25, 0.3) is 0 Å². The van der Waals surface area contributed by atoms with Gasteiger partial charge in [-0.15, -0.1) is 0 Å². The summed E-state index contributed by atoms with van der Waals surface area (Å²) < 4.78 is 0. The molecule has 0 aromatic heterocycles. The largest absolute Gasteiger partial charge is 0.384 e. The van der Waals surface area contributed by atoms with Crippen LogP contribution < -0.4 is 5.73 Å². The smallest absolute Gasteiger partial charge is 0.125 e. The first-order valence-corrected chi connectivity index (χ1v) is 4.89. The van der Waals surface area contributed by atoms with E-state index in [0.717, 1.165) is 5.56 Å². The number of benzene rings is 1. The van der Waals surface area contributed by atoms with E-state index in [4.69, 9.17) is 5.73 Å². The maximum Gasteiger partial charge on any atom is 0.125 e. The van der Waals surface area contributed by atoms with Crippen LogP contribution in [0.2, 0.25) is 0 Å². The quantitative estimate of drug-likeness (QED) is 0.564. The Morgan fingerprint density at radius 2 is 2.00 bits per heavy atom. The lowest BCUT2D eigenvalue weighted by Crippen LogP contribution is -2.15. The molecule has 2 nitrogen and oxygen atoms in total. The minimum absolute atomic E-state index is 0.527. The minimum Gasteiger partial charge on any atom is -0.384 e. The molecule has 0 atom stereocenters. The zero-order valence-corrected chi connectivity index (χ0v) is 9.33. The number of hydrogen-bond donors (Lipinski definition) is 1. The number of nitrogens with two attached hydrogens (primary N) is 1. The molecule has 1 aromatic carbocycles. The molecule has 14 heavy (non-hydrogen) atoms. The fourth-order valence-corrected chi connectivity index (χ4v) is 1.40. The van der Waals surface area contributed by atoms with E-state index in [1.165, 1.54) is 11.1 Å². The third-order valence-corrected chi connectivity index (χ3v) is 2.45. The van der Waals surface area contributed by atoms with Gasteiger partial charge in [0.05, 0.1) is 0 Å². The van der Waals surface area contributed by atoms with Crippen molar-refractivity contribution in [3.05, 3.63) is 34.9 Å². The number of aryl methyl sites for hydroxylation is 1. The molecule has 76 valence electrons. The monoisotopic (exact) mass is 190 g/mol. The van der Waals surface area contributed by atoms with Crippen molar-refractivity contribution in [3.8, 4) is 0 Å². The molecule has 0 bridgehead atoms. The van der Waals surface area contributed by atoms with Gasteiger partial charge in [-0.2, -0.15) is 0 Å². The number of aliphatic imine (C=N–C) groups is 1. The maximum atomic E-state index is 5.81. The van der Waals surface area contributed by atoms with Gasteiger partial charge < -0.3 is 5.73 Å². The van der Waals surface area contributed by atoms with Crippen molar-refractivity contribution in [2.24, 2.45) is 10.7 Å². The van der Waals surface area contributed by atoms with Gasteiger partial charge in [0.1, 0.15) is 5.84 Å². The van der Waals surface area contributed by atoms with Gasteiger partial charge in [-0.1, -0.05) is 26.0 Å². The van der Waals surface area contributed by atoms with Gasteiger partial charge in [0, 0.05) is 12.6 Å². The molecule has 0 radical (unpaired) electrons. The van der Waals surface area contributed by atoms with Crippen molar-refractivity contribution in [3.63, 3.8) is 0 Å². The first-order chi connectivity index (χ1) is 6.56. The van der Waals surface area contributed by atoms with Crippen LogP contribution in [0.5, 0.6) is 0 Å². The summed E-state index contributed by atoms with van der Waals surface area (Å²) in [7, 11) is 1.72. The van der Waals surface area contributed by atoms with Gasteiger partial charge in [-0.25, -0.2) is 0 Å². The Morgan fingerprint density at radius 1 is 1.36 bits per heavy atom. The molecule has 1 rings (SSSR count). The molecule has 0 heterocycles. The maximum absolute atomic E-state index is 5.81. The lowest BCUT2D eigenvalue weighted by molar-refractivity contribution is 0.865. The van der Waals surface area contributed by atoms with E-state index in [9.17, 15) is 0 Å². The van der Waals surface area contributed by atoms with Crippen molar-refractivity contribution in [2.45, 2.75) is 26.7 Å². The third-order valence-electron chi connectivity index (χ3n) is 2.45. The molecule has 1 aromatic rings. The van der Waals surface area contributed by atoms with Gasteiger partial charge >= 0.3 is 0 Å². The summed E-state index contributed by atoms with van der Waals surface area (Å²) in [4.78, 5) is 4.01. The van der Waals surface area contributed by atoms with E-state index in [2.05, 4.69) is 44.0 Å². The van der Waals surface area contributed by atoms with Gasteiger partial charge in [0.25, 0.3) is 0 Å². The second kappa shape index (κ2) is 4.27. The van der Waals surface area contributed by atoms with Crippen LogP contribution >= 0.6 is 0 Å². The normalized spacial score (nSPS) is 12.2. The number of nitrogens with zero attached hydrogens (tertiary/aromatic N) is 1. The highest BCUT2D eigenvalue weighted by Crippen LogP contribution is 2.18. The first-order valence-electron chi connectivity index (χ1n) is 4.89. The predicted molar refractivity (Wildman–Crippen MR) is 61.9 cm³/mol. The van der Waals surface area contributed by atoms with Gasteiger partial charge in [0.15, 0.2) is 0 Å². The second-order valence-electron chi connectivity index (χ2n) is 3.84. The van der Waals surface area contributed by atoms with Crippen LogP contribution in [0.3, 0.4) is 0 Å². The topological polar surface area (TPSA) is 38.4 Å². The summed E-state index contributed by atoms with van der Waals surface area (Å²) in [5.41, 5.74) is 9.35. The molecule has 0 amide bonds. The average molecular weight is 190 g/mol. The van der Waals surface area contributed by atoms with E-state index in [1.54, 1.807) is 7.05 Å². The fourth-order valence-electron chi connectivity index (χ4n) is 1.40. The highest BCUT2D eigenvalue weighted by Gasteiger charge is 2.05. The first kappa shape index (κ1) is 10.8. The Balaban J connectivity index is 3.22. The number of hydrogen-bond acceptors (Lipinski definition) is 1. The molecule has 0 spiro atoms. The van der Waals surface area contributed by atoms with E-state index in [-0.39, 0.29) is 0 Å². The number of rotatable bonds is 2. The summed E-state index contributed by atoms with van der Waals surface area (Å²) >= 11 is 0. The molecule has 0 unspecified atom stereocenters. The molecule has 0 aliphatic heterocycles. The summed E-state index contributed by atoms with van der Waals surface area (Å²) in [5, 5.41) is 0. The van der Waals surface area contributed by atoms with Crippen molar-refractivity contribution in [1.82, 2.24) is 0 Å². The van der Waals surface area contributed by atoms with E-state index in [1.807, 2.05) is 0 Å². The SMILES string of the molecule is CN=C(N)c1cc(C(C)C)ccc1C. The highest BCUT2D eigenvalue weighted by atomic mass is 14.8. The van der Waals surface area contributed by atoms with Crippen molar-refractivity contribution in [2.75, 3.05) is 7.05 Å².